The van der Waals surface area contributed by atoms with Crippen molar-refractivity contribution in [1.29, 1.82) is 0 Å². The van der Waals surface area contributed by atoms with Gasteiger partial charge in [-0.2, -0.15) is 5.10 Å². The maximum absolute atomic E-state index is 9.27. The van der Waals surface area contributed by atoms with E-state index >= 15 is 0 Å². The van der Waals surface area contributed by atoms with Gasteiger partial charge in [-0.05, 0) is 37.6 Å². The largest absolute Gasteiger partial charge is 0.508 e. The van der Waals surface area contributed by atoms with Crippen LogP contribution < -0.4 is 5.32 Å². The molecule has 4 nitrogen and oxygen atoms in total. The quantitative estimate of drug-likeness (QED) is 0.790. The molecule has 3 rings (SSSR count). The lowest BCUT2D eigenvalue weighted by Crippen LogP contribution is -2.21. The minimum atomic E-state index is 0.282. The lowest BCUT2D eigenvalue weighted by Gasteiger charge is -2.21. The topological polar surface area (TPSA) is 50.1 Å². The first-order valence-electron chi connectivity index (χ1n) is 5.87. The number of hydrogen-bond donors (Lipinski definition) is 2. The second-order valence-corrected chi connectivity index (χ2v) is 4.47. The second-order valence-electron chi connectivity index (χ2n) is 4.47. The molecule has 2 heterocycles. The number of nitrogens with one attached hydrogen (secondary N) is 1. The summed E-state index contributed by atoms with van der Waals surface area (Å²) in [6.45, 7) is 3.18. The normalized spacial score (nSPS) is 18.5. The third-order valence-electron chi connectivity index (χ3n) is 3.18. The fourth-order valence-electron chi connectivity index (χ4n) is 2.17. The van der Waals surface area contributed by atoms with Crippen molar-refractivity contribution in [2.45, 2.75) is 19.4 Å². The molecule has 0 radical (unpaired) electrons. The number of hydrogen-bond acceptors (Lipinski definition) is 3. The summed E-state index contributed by atoms with van der Waals surface area (Å²) in [7, 11) is 0. The number of fused-ring (bicyclic) bond motifs is 1. The lowest BCUT2D eigenvalue weighted by atomic mass is 10.1. The third kappa shape index (κ3) is 1.75. The van der Waals surface area contributed by atoms with Gasteiger partial charge in [0.15, 0.2) is 0 Å². The van der Waals surface area contributed by atoms with Crippen LogP contribution in [0.4, 0.5) is 5.82 Å². The van der Waals surface area contributed by atoms with Gasteiger partial charge in [0.05, 0.1) is 11.7 Å². The summed E-state index contributed by atoms with van der Waals surface area (Å²) in [6, 6.07) is 9.64. The zero-order valence-corrected chi connectivity index (χ0v) is 9.72. The van der Waals surface area contributed by atoms with E-state index in [1.165, 1.54) is 0 Å². The summed E-state index contributed by atoms with van der Waals surface area (Å²) in [6.07, 6.45) is 1.10. The average Bonchev–Trinajstić information content (AvgIpc) is 2.75. The van der Waals surface area contributed by atoms with Crippen molar-refractivity contribution < 1.29 is 5.11 Å². The smallest absolute Gasteiger partial charge is 0.125 e. The number of phenolic OH excluding ortho intramolecular Hbond substituents is 1. The number of nitrogens with zero attached hydrogens (tertiary/aromatic N) is 2. The molecule has 1 aliphatic heterocycles. The van der Waals surface area contributed by atoms with Gasteiger partial charge in [-0.1, -0.05) is 0 Å². The van der Waals surface area contributed by atoms with Gasteiger partial charge in [0.1, 0.15) is 11.6 Å². The number of rotatable bonds is 1. The summed E-state index contributed by atoms with van der Waals surface area (Å²) >= 11 is 0. The van der Waals surface area contributed by atoms with Crippen LogP contribution in [-0.4, -0.2) is 21.4 Å². The number of anilines is 1. The van der Waals surface area contributed by atoms with E-state index in [4.69, 9.17) is 0 Å². The summed E-state index contributed by atoms with van der Waals surface area (Å²) in [5.41, 5.74) is 1.97. The van der Waals surface area contributed by atoms with Gasteiger partial charge >= 0.3 is 0 Å². The van der Waals surface area contributed by atoms with Gasteiger partial charge in [-0.3, -0.25) is 0 Å². The van der Waals surface area contributed by atoms with E-state index in [1.807, 2.05) is 16.8 Å². The van der Waals surface area contributed by atoms with E-state index in [0.29, 0.717) is 6.04 Å². The Morgan fingerprint density at radius 3 is 2.82 bits per heavy atom. The molecule has 1 aliphatic rings. The van der Waals surface area contributed by atoms with Crippen LogP contribution in [0.15, 0.2) is 30.3 Å². The van der Waals surface area contributed by atoms with Crippen LogP contribution in [0.2, 0.25) is 0 Å². The lowest BCUT2D eigenvalue weighted by molar-refractivity contribution is 0.454. The molecule has 2 N–H and O–H groups in total. The molecule has 4 heteroatoms. The van der Waals surface area contributed by atoms with Crippen LogP contribution in [0.1, 0.15) is 19.4 Å². The number of phenols is 1. The number of aromatic nitrogens is 2. The number of benzene rings is 1. The third-order valence-corrected chi connectivity index (χ3v) is 3.18. The first-order valence-corrected chi connectivity index (χ1v) is 5.87. The highest BCUT2D eigenvalue weighted by molar-refractivity contribution is 5.64. The van der Waals surface area contributed by atoms with Crippen LogP contribution in [0.5, 0.6) is 5.75 Å². The second kappa shape index (κ2) is 3.80. The van der Waals surface area contributed by atoms with Crippen molar-refractivity contribution in [3.05, 3.63) is 30.3 Å². The Balaban J connectivity index is 2.02. The fraction of sp³-hybridized carbons (Fsp3) is 0.308. The van der Waals surface area contributed by atoms with Crippen molar-refractivity contribution in [2.75, 3.05) is 11.9 Å². The van der Waals surface area contributed by atoms with E-state index in [0.717, 1.165) is 30.0 Å². The van der Waals surface area contributed by atoms with E-state index in [-0.39, 0.29) is 5.75 Å². The molecule has 0 saturated heterocycles. The van der Waals surface area contributed by atoms with Gasteiger partial charge in [-0.25, -0.2) is 4.68 Å². The molecular formula is C13H15N3O. The van der Waals surface area contributed by atoms with Crippen molar-refractivity contribution in [2.24, 2.45) is 0 Å². The molecule has 1 aromatic carbocycles. The fourth-order valence-corrected chi connectivity index (χ4v) is 2.17. The molecule has 1 atom stereocenters. The molecular weight excluding hydrogens is 214 g/mol. The van der Waals surface area contributed by atoms with E-state index in [1.54, 1.807) is 12.1 Å². The average molecular weight is 229 g/mol. The Hall–Kier alpha value is -1.97. The highest BCUT2D eigenvalue weighted by Gasteiger charge is 2.18. The van der Waals surface area contributed by atoms with Crippen LogP contribution in [0.3, 0.4) is 0 Å². The Bertz CT molecular complexity index is 530. The standard InChI is InChI=1S/C13H15N3O/c1-9-6-7-14-13-8-12(15-16(9)13)10-2-4-11(17)5-3-10/h2-5,8-9,14,17H,6-7H2,1H3. The summed E-state index contributed by atoms with van der Waals surface area (Å²) in [5, 5.41) is 17.2. The van der Waals surface area contributed by atoms with Gasteiger partial charge in [0.2, 0.25) is 0 Å². The first kappa shape index (κ1) is 10.2. The molecule has 0 aliphatic carbocycles. The molecule has 1 aromatic heterocycles. The van der Waals surface area contributed by atoms with Gasteiger partial charge in [0, 0.05) is 18.2 Å². The SMILES string of the molecule is CC1CCNc2cc(-c3ccc(O)cc3)nn21. The molecule has 0 fully saturated rings. The monoisotopic (exact) mass is 229 g/mol. The van der Waals surface area contributed by atoms with E-state index in [2.05, 4.69) is 23.4 Å². The van der Waals surface area contributed by atoms with Crippen molar-refractivity contribution in [1.82, 2.24) is 9.78 Å². The van der Waals surface area contributed by atoms with Crippen molar-refractivity contribution in [3.8, 4) is 17.0 Å². The maximum atomic E-state index is 9.27. The summed E-state index contributed by atoms with van der Waals surface area (Å²) < 4.78 is 2.03. The predicted octanol–water partition coefficient (Wildman–Crippen LogP) is 2.63. The van der Waals surface area contributed by atoms with Crippen LogP contribution >= 0.6 is 0 Å². The molecule has 0 saturated carbocycles. The minimum Gasteiger partial charge on any atom is -0.508 e. The Morgan fingerprint density at radius 1 is 1.35 bits per heavy atom. The van der Waals surface area contributed by atoms with Crippen LogP contribution in [-0.2, 0) is 0 Å². The zero-order valence-electron chi connectivity index (χ0n) is 9.72. The first-order chi connectivity index (χ1) is 8.24. The van der Waals surface area contributed by atoms with E-state index < -0.39 is 0 Å². The van der Waals surface area contributed by atoms with Crippen molar-refractivity contribution >= 4 is 5.82 Å². The molecule has 0 spiro atoms. The Morgan fingerprint density at radius 2 is 2.12 bits per heavy atom. The summed E-state index contributed by atoms with van der Waals surface area (Å²) in [5.74, 6) is 1.36. The number of aromatic hydroxyl groups is 1. The van der Waals surface area contributed by atoms with Gasteiger partial charge < -0.3 is 10.4 Å². The Kier molecular flexibility index (Phi) is 2.28. The molecule has 0 bridgehead atoms. The highest BCUT2D eigenvalue weighted by atomic mass is 16.3. The summed E-state index contributed by atoms with van der Waals surface area (Å²) in [4.78, 5) is 0. The molecule has 88 valence electrons. The maximum Gasteiger partial charge on any atom is 0.125 e. The predicted molar refractivity (Wildman–Crippen MR) is 67.1 cm³/mol. The molecule has 17 heavy (non-hydrogen) atoms. The Labute approximate surface area is 99.9 Å². The molecule has 1 unspecified atom stereocenters. The van der Waals surface area contributed by atoms with Crippen LogP contribution in [0.25, 0.3) is 11.3 Å². The van der Waals surface area contributed by atoms with Crippen LogP contribution in [0, 0.1) is 0 Å². The van der Waals surface area contributed by atoms with E-state index in [9.17, 15) is 5.11 Å². The van der Waals surface area contributed by atoms with Gasteiger partial charge in [0.25, 0.3) is 0 Å². The molecule has 0 amide bonds. The molecule has 2 aromatic rings. The zero-order chi connectivity index (χ0) is 11.8. The minimum absolute atomic E-state index is 0.282. The van der Waals surface area contributed by atoms with Gasteiger partial charge in [-0.15, -0.1) is 0 Å². The highest BCUT2D eigenvalue weighted by Crippen LogP contribution is 2.28. The van der Waals surface area contributed by atoms with Crippen molar-refractivity contribution in [3.63, 3.8) is 0 Å².